The lowest BCUT2D eigenvalue weighted by Gasteiger charge is -2.30. The Kier molecular flexibility index (Phi) is 6.37. The number of nitrogens with two attached hydrogens (primary N) is 1. The van der Waals surface area contributed by atoms with Gasteiger partial charge in [0.25, 0.3) is 0 Å². The Morgan fingerprint density at radius 1 is 1.21 bits per heavy atom. The molecule has 0 spiro atoms. The molecule has 0 bridgehead atoms. The third kappa shape index (κ3) is 9.06. The Labute approximate surface area is 91.9 Å². The molecule has 0 aliphatic heterocycles. The maximum absolute atomic E-state index is 6.01. The molecule has 0 atom stereocenters. The summed E-state index contributed by atoms with van der Waals surface area (Å²) in [6.45, 7) is 11.3. The van der Waals surface area contributed by atoms with Crippen molar-refractivity contribution in [2.75, 3.05) is 12.8 Å². The van der Waals surface area contributed by atoms with Crippen LogP contribution in [0.2, 0.25) is 32.7 Å². The molecule has 14 heavy (non-hydrogen) atoms. The molecule has 0 saturated heterocycles. The van der Waals surface area contributed by atoms with Crippen molar-refractivity contribution in [2.45, 2.75) is 32.7 Å². The summed E-state index contributed by atoms with van der Waals surface area (Å²) in [6.07, 6.45) is 0.821. The molecular weight excluding hydrogens is 228 g/mol. The first-order valence-electron chi connectivity index (χ1n) is 4.79. The van der Waals surface area contributed by atoms with Crippen LogP contribution in [0.5, 0.6) is 0 Å². The molecule has 0 heterocycles. The van der Waals surface area contributed by atoms with E-state index in [1.165, 1.54) is 0 Å². The van der Waals surface area contributed by atoms with Crippen molar-refractivity contribution in [3.05, 3.63) is 0 Å². The van der Waals surface area contributed by atoms with Crippen LogP contribution in [0.4, 0.5) is 0 Å². The minimum atomic E-state index is -1.90. The SMILES string of the molecule is C[Si](C)(C)O[Si](C)(C)O[Si]CNCN. The van der Waals surface area contributed by atoms with E-state index in [0.29, 0.717) is 16.4 Å². The number of hydrogen-bond acceptors (Lipinski definition) is 4. The van der Waals surface area contributed by atoms with Crippen LogP contribution in [-0.4, -0.2) is 39.5 Å². The fourth-order valence-electron chi connectivity index (χ4n) is 1.09. The third-order valence-electron chi connectivity index (χ3n) is 1.21. The van der Waals surface area contributed by atoms with E-state index in [0.717, 1.165) is 6.17 Å². The summed E-state index contributed by atoms with van der Waals surface area (Å²) < 4.78 is 11.8. The predicted octanol–water partition coefficient (Wildman–Crippen LogP) is 0.639. The Hall–Kier alpha value is 0.491. The molecule has 3 N–H and O–H groups in total. The topological polar surface area (TPSA) is 56.5 Å². The summed E-state index contributed by atoms with van der Waals surface area (Å²) in [5.74, 6) is 0. The van der Waals surface area contributed by atoms with Crippen LogP contribution in [0.15, 0.2) is 0 Å². The molecule has 84 valence electrons. The van der Waals surface area contributed by atoms with Crippen molar-refractivity contribution in [1.82, 2.24) is 5.32 Å². The first-order chi connectivity index (χ1) is 6.27. The summed E-state index contributed by atoms with van der Waals surface area (Å²) in [6, 6.07) is 0. The zero-order valence-electron chi connectivity index (χ0n) is 9.81. The molecule has 0 rings (SSSR count). The molecule has 0 amide bonds. The van der Waals surface area contributed by atoms with Crippen LogP contribution in [0.3, 0.4) is 0 Å². The maximum Gasteiger partial charge on any atom is 0.311 e. The van der Waals surface area contributed by atoms with Gasteiger partial charge in [0.15, 0.2) is 8.32 Å². The summed E-state index contributed by atoms with van der Waals surface area (Å²) in [4.78, 5) is 0. The van der Waals surface area contributed by atoms with Gasteiger partial charge >= 0.3 is 8.56 Å². The van der Waals surface area contributed by atoms with E-state index < -0.39 is 16.9 Å². The van der Waals surface area contributed by atoms with Crippen LogP contribution in [0.25, 0.3) is 0 Å². The lowest BCUT2D eigenvalue weighted by atomic mass is 11.1. The quantitative estimate of drug-likeness (QED) is 0.395. The molecule has 4 nitrogen and oxygen atoms in total. The van der Waals surface area contributed by atoms with E-state index in [-0.39, 0.29) is 0 Å². The van der Waals surface area contributed by atoms with Crippen LogP contribution in [-0.2, 0) is 8.23 Å². The average molecular weight is 251 g/mol. The lowest BCUT2D eigenvalue weighted by molar-refractivity contribution is 0.408. The van der Waals surface area contributed by atoms with Crippen molar-refractivity contribution in [2.24, 2.45) is 5.73 Å². The van der Waals surface area contributed by atoms with E-state index in [4.69, 9.17) is 14.0 Å². The van der Waals surface area contributed by atoms with Gasteiger partial charge in [0.05, 0.1) is 0 Å². The molecule has 0 unspecified atom stereocenters. The molecule has 0 aromatic carbocycles. The fourth-order valence-corrected chi connectivity index (χ4v) is 9.46. The van der Waals surface area contributed by atoms with E-state index in [1.54, 1.807) is 0 Å². The van der Waals surface area contributed by atoms with Crippen LogP contribution in [0, 0.1) is 0 Å². The van der Waals surface area contributed by atoms with Gasteiger partial charge in [0.1, 0.15) is 0 Å². The van der Waals surface area contributed by atoms with Gasteiger partial charge < -0.3 is 19.3 Å². The molecule has 0 aliphatic carbocycles. The second-order valence-electron chi connectivity index (χ2n) is 4.49. The van der Waals surface area contributed by atoms with E-state index in [1.807, 2.05) is 0 Å². The Morgan fingerprint density at radius 3 is 2.21 bits per heavy atom. The summed E-state index contributed by atoms with van der Waals surface area (Å²) in [5, 5.41) is 3.03. The zero-order chi connectivity index (χ0) is 11.2. The Morgan fingerprint density at radius 2 is 1.79 bits per heavy atom. The van der Waals surface area contributed by atoms with Gasteiger partial charge in [-0.3, -0.25) is 0 Å². The first kappa shape index (κ1) is 14.5. The van der Waals surface area contributed by atoms with Crippen LogP contribution in [0.1, 0.15) is 0 Å². The largest absolute Gasteiger partial charge is 0.437 e. The second-order valence-corrected chi connectivity index (χ2v) is 13.8. The highest BCUT2D eigenvalue weighted by Crippen LogP contribution is 2.14. The van der Waals surface area contributed by atoms with Crippen LogP contribution < -0.4 is 11.1 Å². The van der Waals surface area contributed by atoms with Gasteiger partial charge in [-0.1, -0.05) is 0 Å². The lowest BCUT2D eigenvalue weighted by Crippen LogP contribution is -2.46. The van der Waals surface area contributed by atoms with Crippen molar-refractivity contribution in [3.63, 3.8) is 0 Å². The normalized spacial score (nSPS) is 13.3. The van der Waals surface area contributed by atoms with E-state index in [2.05, 4.69) is 38.1 Å². The van der Waals surface area contributed by atoms with Crippen LogP contribution >= 0.6 is 0 Å². The summed E-state index contributed by atoms with van der Waals surface area (Å²) >= 11 is 0. The van der Waals surface area contributed by atoms with Gasteiger partial charge in [-0.25, -0.2) is 0 Å². The highest BCUT2D eigenvalue weighted by Gasteiger charge is 2.30. The molecule has 0 fully saturated rings. The van der Waals surface area contributed by atoms with Gasteiger partial charge in [0.2, 0.25) is 9.76 Å². The van der Waals surface area contributed by atoms with Crippen molar-refractivity contribution in [3.8, 4) is 0 Å². The smallest absolute Gasteiger partial charge is 0.311 e. The number of rotatable bonds is 7. The maximum atomic E-state index is 6.01. The molecule has 7 heteroatoms. The van der Waals surface area contributed by atoms with Gasteiger partial charge in [-0.05, 0) is 32.7 Å². The van der Waals surface area contributed by atoms with Gasteiger partial charge in [-0.15, -0.1) is 0 Å². The van der Waals surface area contributed by atoms with Crippen molar-refractivity contribution < 1.29 is 8.23 Å². The van der Waals surface area contributed by atoms with E-state index in [9.17, 15) is 0 Å². The summed E-state index contributed by atoms with van der Waals surface area (Å²) in [7, 11) is -2.92. The molecule has 2 radical (unpaired) electrons. The van der Waals surface area contributed by atoms with Gasteiger partial charge in [0, 0.05) is 12.8 Å². The standard InChI is InChI=1S/C7H22N2O2Si3/c1-13(2,3)11-14(4,5)10-12-7-9-6-8/h9H,6-8H2,1-5H3. The Bertz CT molecular complexity index is 162. The third-order valence-corrected chi connectivity index (χ3v) is 8.57. The molecule has 0 aromatic heterocycles. The first-order valence-corrected chi connectivity index (χ1v) is 12.1. The average Bonchev–Trinajstić information content (AvgIpc) is 1.93. The fraction of sp³-hybridized carbons (Fsp3) is 1.00. The minimum Gasteiger partial charge on any atom is -0.437 e. The predicted molar refractivity (Wildman–Crippen MR) is 65.8 cm³/mol. The molecule has 0 aromatic rings. The van der Waals surface area contributed by atoms with Gasteiger partial charge in [-0.2, -0.15) is 0 Å². The number of hydrogen-bond donors (Lipinski definition) is 2. The molecule has 0 saturated carbocycles. The summed E-state index contributed by atoms with van der Waals surface area (Å²) in [5.41, 5.74) is 5.30. The minimum absolute atomic E-state index is 0.444. The van der Waals surface area contributed by atoms with Crippen molar-refractivity contribution in [1.29, 1.82) is 0 Å². The van der Waals surface area contributed by atoms with Crippen molar-refractivity contribution >= 4 is 26.6 Å². The van der Waals surface area contributed by atoms with E-state index >= 15 is 0 Å². The molecule has 0 aliphatic rings. The highest BCUT2D eigenvalue weighted by atomic mass is 28.5. The number of nitrogens with one attached hydrogen (secondary N) is 1. The monoisotopic (exact) mass is 250 g/mol. The zero-order valence-corrected chi connectivity index (χ0v) is 12.8. The Balaban J connectivity index is 3.72. The highest BCUT2D eigenvalue weighted by molar-refractivity contribution is 6.82. The second kappa shape index (κ2) is 6.16. The molecular formula is C7H22N2O2Si3.